The molecule has 0 radical (unpaired) electrons. The lowest BCUT2D eigenvalue weighted by atomic mass is 10.0. The second kappa shape index (κ2) is 9.12. The molecule has 0 heterocycles. The van der Waals surface area contributed by atoms with Crippen molar-refractivity contribution in [3.05, 3.63) is 105 Å². The Morgan fingerprint density at radius 2 is 1.50 bits per heavy atom. The van der Waals surface area contributed by atoms with Crippen LogP contribution in [0.25, 0.3) is 10.8 Å². The lowest BCUT2D eigenvalue weighted by Gasteiger charge is -2.11. The normalized spacial score (nSPS) is 10.9. The number of hydrogen-bond acceptors (Lipinski definition) is 8. The molecule has 0 saturated carbocycles. The molecule has 0 fully saturated rings. The SMILES string of the molecule is O=C(Nc1cccc([N+](=O)[O-])c1)c1cc2ccccc2c(N=Nc2cccc([N+](=O)[O-])c2)c1O. The van der Waals surface area contributed by atoms with Crippen molar-refractivity contribution in [2.75, 3.05) is 5.32 Å². The largest absolute Gasteiger partial charge is 0.505 e. The summed E-state index contributed by atoms with van der Waals surface area (Å²) in [4.78, 5) is 33.8. The van der Waals surface area contributed by atoms with Gasteiger partial charge < -0.3 is 10.4 Å². The van der Waals surface area contributed by atoms with E-state index in [1.54, 1.807) is 24.3 Å². The van der Waals surface area contributed by atoms with E-state index in [0.29, 0.717) is 10.8 Å². The summed E-state index contributed by atoms with van der Waals surface area (Å²) in [5.41, 5.74) is -0.148. The quantitative estimate of drug-likeness (QED) is 0.204. The number of nitrogens with one attached hydrogen (secondary N) is 1. The van der Waals surface area contributed by atoms with Gasteiger partial charge in [-0.25, -0.2) is 0 Å². The third-order valence-corrected chi connectivity index (χ3v) is 4.86. The Hall–Kier alpha value is -5.19. The van der Waals surface area contributed by atoms with Gasteiger partial charge in [0.05, 0.1) is 21.1 Å². The number of anilines is 1. The summed E-state index contributed by atoms with van der Waals surface area (Å²) in [6.07, 6.45) is 0. The smallest absolute Gasteiger partial charge is 0.271 e. The van der Waals surface area contributed by atoms with Crippen LogP contribution in [-0.4, -0.2) is 20.9 Å². The van der Waals surface area contributed by atoms with Crippen LogP contribution >= 0.6 is 0 Å². The molecule has 4 aromatic carbocycles. The van der Waals surface area contributed by atoms with Crippen LogP contribution in [0.15, 0.2) is 89.1 Å². The molecular weight excluding hydrogens is 442 g/mol. The van der Waals surface area contributed by atoms with Gasteiger partial charge in [0, 0.05) is 35.3 Å². The molecule has 11 nitrogen and oxygen atoms in total. The number of aromatic hydroxyl groups is 1. The summed E-state index contributed by atoms with van der Waals surface area (Å²) in [6, 6.07) is 19.2. The number of azo groups is 1. The zero-order valence-corrected chi connectivity index (χ0v) is 17.3. The maximum atomic E-state index is 12.9. The lowest BCUT2D eigenvalue weighted by molar-refractivity contribution is -0.385. The number of rotatable bonds is 6. The Labute approximate surface area is 191 Å². The minimum absolute atomic E-state index is 0.00574. The van der Waals surface area contributed by atoms with Gasteiger partial charge in [-0.2, -0.15) is 5.11 Å². The number of nitrogens with zero attached hydrogens (tertiary/aromatic N) is 4. The molecule has 0 saturated heterocycles. The number of amides is 1. The maximum absolute atomic E-state index is 12.9. The first-order valence-electron chi connectivity index (χ1n) is 9.80. The van der Waals surface area contributed by atoms with E-state index in [0.717, 1.165) is 0 Å². The number of fused-ring (bicyclic) bond motifs is 1. The van der Waals surface area contributed by atoms with Gasteiger partial charge in [-0.05, 0) is 23.6 Å². The van der Waals surface area contributed by atoms with Crippen molar-refractivity contribution in [3.8, 4) is 5.75 Å². The van der Waals surface area contributed by atoms with Crippen LogP contribution in [0.1, 0.15) is 10.4 Å². The maximum Gasteiger partial charge on any atom is 0.271 e. The first-order chi connectivity index (χ1) is 16.3. The van der Waals surface area contributed by atoms with Crippen LogP contribution < -0.4 is 5.32 Å². The summed E-state index contributed by atoms with van der Waals surface area (Å²) in [7, 11) is 0. The number of phenols is 1. The van der Waals surface area contributed by atoms with Crippen LogP contribution in [-0.2, 0) is 0 Å². The highest BCUT2D eigenvalue weighted by Crippen LogP contribution is 2.39. The molecule has 0 aliphatic rings. The number of hydrogen-bond donors (Lipinski definition) is 2. The van der Waals surface area contributed by atoms with Crippen LogP contribution in [0, 0.1) is 20.2 Å². The Morgan fingerprint density at radius 3 is 2.24 bits per heavy atom. The highest BCUT2D eigenvalue weighted by molar-refractivity contribution is 6.11. The average molecular weight is 457 g/mol. The van der Waals surface area contributed by atoms with Crippen molar-refractivity contribution < 1.29 is 19.7 Å². The molecule has 4 rings (SSSR count). The van der Waals surface area contributed by atoms with E-state index >= 15 is 0 Å². The first-order valence-corrected chi connectivity index (χ1v) is 9.80. The van der Waals surface area contributed by atoms with E-state index in [-0.39, 0.29) is 34.0 Å². The van der Waals surface area contributed by atoms with Crippen molar-refractivity contribution in [2.24, 2.45) is 10.2 Å². The predicted octanol–water partition coefficient (Wildman–Crippen LogP) is 6.03. The third-order valence-electron chi connectivity index (χ3n) is 4.86. The molecule has 11 heteroatoms. The molecule has 168 valence electrons. The molecule has 0 aliphatic carbocycles. The zero-order valence-electron chi connectivity index (χ0n) is 17.3. The van der Waals surface area contributed by atoms with Gasteiger partial charge in [0.1, 0.15) is 5.69 Å². The summed E-state index contributed by atoms with van der Waals surface area (Å²) in [5.74, 6) is -1.17. The first kappa shape index (κ1) is 22.0. The standard InChI is InChI=1S/C23H15N5O6/c29-22-20(23(30)24-15-6-3-8-17(12-15)27(31)32)11-14-5-1-2-10-19(14)21(22)26-25-16-7-4-9-18(13-16)28(33)34/h1-13,29H,(H,24,30). The fourth-order valence-electron chi connectivity index (χ4n) is 3.26. The van der Waals surface area contributed by atoms with E-state index < -0.39 is 21.5 Å². The second-order valence-corrected chi connectivity index (χ2v) is 7.08. The molecule has 0 aromatic heterocycles. The van der Waals surface area contributed by atoms with Crippen LogP contribution in [0.5, 0.6) is 5.75 Å². The van der Waals surface area contributed by atoms with Crippen molar-refractivity contribution in [2.45, 2.75) is 0 Å². The number of nitro groups is 2. The van der Waals surface area contributed by atoms with Crippen LogP contribution in [0.3, 0.4) is 0 Å². The fourth-order valence-corrected chi connectivity index (χ4v) is 3.26. The molecule has 0 aliphatic heterocycles. The Balaban J connectivity index is 1.75. The molecule has 0 unspecified atom stereocenters. The van der Waals surface area contributed by atoms with Crippen molar-refractivity contribution in [3.63, 3.8) is 0 Å². The van der Waals surface area contributed by atoms with E-state index in [1.165, 1.54) is 54.6 Å². The number of benzene rings is 4. The van der Waals surface area contributed by atoms with Gasteiger partial charge >= 0.3 is 0 Å². The van der Waals surface area contributed by atoms with Gasteiger partial charge in [-0.15, -0.1) is 5.11 Å². The Morgan fingerprint density at radius 1 is 0.824 bits per heavy atom. The van der Waals surface area contributed by atoms with E-state index in [1.807, 2.05) is 0 Å². The number of non-ortho nitro benzene ring substituents is 2. The summed E-state index contributed by atoms with van der Waals surface area (Å²) in [6.45, 7) is 0. The number of nitro benzene ring substituents is 2. The number of carbonyl (C=O) groups excluding carboxylic acids is 1. The van der Waals surface area contributed by atoms with E-state index in [9.17, 15) is 30.1 Å². The summed E-state index contributed by atoms with van der Waals surface area (Å²) in [5, 5.41) is 44.5. The van der Waals surface area contributed by atoms with Crippen LogP contribution in [0.2, 0.25) is 0 Å². The molecular formula is C23H15N5O6. The van der Waals surface area contributed by atoms with Crippen molar-refractivity contribution >= 4 is 45.1 Å². The third kappa shape index (κ3) is 4.53. The zero-order chi connectivity index (χ0) is 24.2. The van der Waals surface area contributed by atoms with Gasteiger partial charge in [-0.1, -0.05) is 36.4 Å². The molecule has 0 spiro atoms. The van der Waals surface area contributed by atoms with Gasteiger partial charge in [0.25, 0.3) is 17.3 Å². The number of phenolic OH excluding ortho intramolecular Hbond substituents is 1. The predicted molar refractivity (Wildman–Crippen MR) is 124 cm³/mol. The highest BCUT2D eigenvalue weighted by atomic mass is 16.6. The monoisotopic (exact) mass is 457 g/mol. The Kier molecular flexibility index (Phi) is 5.91. The molecule has 0 atom stereocenters. The lowest BCUT2D eigenvalue weighted by Crippen LogP contribution is -2.12. The van der Waals surface area contributed by atoms with Crippen molar-refractivity contribution in [1.29, 1.82) is 0 Å². The highest BCUT2D eigenvalue weighted by Gasteiger charge is 2.19. The van der Waals surface area contributed by atoms with Crippen LogP contribution in [0.4, 0.5) is 28.4 Å². The van der Waals surface area contributed by atoms with E-state index in [4.69, 9.17) is 0 Å². The second-order valence-electron chi connectivity index (χ2n) is 7.08. The molecule has 2 N–H and O–H groups in total. The molecule has 0 bridgehead atoms. The van der Waals surface area contributed by atoms with Crippen molar-refractivity contribution in [1.82, 2.24) is 0 Å². The average Bonchev–Trinajstić information content (AvgIpc) is 2.83. The Bertz CT molecular complexity index is 1480. The van der Waals surface area contributed by atoms with Gasteiger partial charge in [0.2, 0.25) is 0 Å². The van der Waals surface area contributed by atoms with Gasteiger partial charge in [0.15, 0.2) is 5.75 Å². The minimum atomic E-state index is -0.712. The minimum Gasteiger partial charge on any atom is -0.505 e. The van der Waals surface area contributed by atoms with E-state index in [2.05, 4.69) is 15.5 Å². The molecule has 4 aromatic rings. The molecule has 1 amide bonds. The topological polar surface area (TPSA) is 160 Å². The number of carbonyl (C=O) groups is 1. The van der Waals surface area contributed by atoms with Gasteiger partial charge in [-0.3, -0.25) is 25.0 Å². The summed E-state index contributed by atoms with van der Waals surface area (Å²) < 4.78 is 0. The summed E-state index contributed by atoms with van der Waals surface area (Å²) >= 11 is 0. The molecule has 34 heavy (non-hydrogen) atoms. The fraction of sp³-hybridized carbons (Fsp3) is 0.